The minimum atomic E-state index is -0.934. The molecule has 0 radical (unpaired) electrons. The minimum Gasteiger partial charge on any atom is -0.389 e. The summed E-state index contributed by atoms with van der Waals surface area (Å²) in [5.41, 5.74) is -0.694. The molecule has 1 aliphatic heterocycles. The minimum absolute atomic E-state index is 0.0243. The maximum Gasteiger partial charge on any atom is 0.249 e. The molecule has 1 saturated heterocycles. The van der Waals surface area contributed by atoms with Gasteiger partial charge in [-0.05, 0) is 31.4 Å². The van der Waals surface area contributed by atoms with E-state index >= 15 is 0 Å². The quantitative estimate of drug-likeness (QED) is 0.888. The number of benzene rings is 1. The van der Waals surface area contributed by atoms with Crippen LogP contribution in [0.25, 0.3) is 0 Å². The van der Waals surface area contributed by atoms with Crippen molar-refractivity contribution in [2.24, 2.45) is 0 Å². The molecule has 2 aliphatic rings. The number of aliphatic hydroxyl groups is 1. The highest BCUT2D eigenvalue weighted by Crippen LogP contribution is 2.32. The molecule has 1 heterocycles. The Kier molecular flexibility index (Phi) is 4.35. The number of para-hydroxylation sites is 1. The first-order valence-corrected chi connectivity index (χ1v) is 8.06. The van der Waals surface area contributed by atoms with Gasteiger partial charge in [0.05, 0.1) is 17.7 Å². The van der Waals surface area contributed by atoms with Crippen LogP contribution < -0.4 is 10.2 Å². The molecule has 1 aromatic rings. The van der Waals surface area contributed by atoms with E-state index in [9.17, 15) is 19.1 Å². The number of carbonyl (C=O) groups excluding carboxylic acids is 2. The van der Waals surface area contributed by atoms with Gasteiger partial charge in [0.15, 0.2) is 0 Å². The fourth-order valence-electron chi connectivity index (χ4n) is 3.48. The summed E-state index contributed by atoms with van der Waals surface area (Å²) in [5.74, 6) is -1.07. The average molecular weight is 320 g/mol. The van der Waals surface area contributed by atoms with Gasteiger partial charge in [-0.1, -0.05) is 25.0 Å². The standard InChI is InChI=1S/C17H21FN2O3/c18-12-5-1-2-6-14(12)20-10-7-13(16(20)22)19-15(21)11-17(23)8-3-4-9-17/h1-2,5-6,13,23H,3-4,7-11H2,(H,19,21). The average Bonchev–Trinajstić information content (AvgIpc) is 3.07. The lowest BCUT2D eigenvalue weighted by Gasteiger charge is -2.22. The van der Waals surface area contributed by atoms with Crippen molar-refractivity contribution in [3.63, 3.8) is 0 Å². The normalized spacial score (nSPS) is 23.3. The highest BCUT2D eigenvalue weighted by atomic mass is 19.1. The number of halogens is 1. The number of rotatable bonds is 4. The van der Waals surface area contributed by atoms with E-state index < -0.39 is 17.5 Å². The predicted octanol–water partition coefficient (Wildman–Crippen LogP) is 1.74. The molecule has 0 aromatic heterocycles. The molecule has 0 bridgehead atoms. The zero-order valence-corrected chi connectivity index (χ0v) is 12.9. The van der Waals surface area contributed by atoms with E-state index in [1.165, 1.54) is 11.0 Å². The smallest absolute Gasteiger partial charge is 0.249 e. The number of nitrogens with zero attached hydrogens (tertiary/aromatic N) is 1. The van der Waals surface area contributed by atoms with Crippen molar-refractivity contribution in [1.29, 1.82) is 0 Å². The van der Waals surface area contributed by atoms with Gasteiger partial charge in [-0.15, -0.1) is 0 Å². The number of nitrogens with one attached hydrogen (secondary N) is 1. The second kappa shape index (κ2) is 6.28. The molecule has 2 fully saturated rings. The summed E-state index contributed by atoms with van der Waals surface area (Å²) in [7, 11) is 0. The molecule has 23 heavy (non-hydrogen) atoms. The van der Waals surface area contributed by atoms with Crippen LogP contribution in [-0.2, 0) is 9.59 Å². The number of hydrogen-bond donors (Lipinski definition) is 2. The van der Waals surface area contributed by atoms with Crippen molar-refractivity contribution in [1.82, 2.24) is 5.32 Å². The number of anilines is 1. The molecule has 1 aliphatic carbocycles. The largest absolute Gasteiger partial charge is 0.389 e. The SMILES string of the molecule is O=C(CC1(O)CCCC1)NC1CCN(c2ccccc2F)C1=O. The maximum atomic E-state index is 13.8. The third-order valence-corrected chi connectivity index (χ3v) is 4.71. The molecule has 1 atom stereocenters. The van der Waals surface area contributed by atoms with E-state index in [-0.39, 0.29) is 23.9 Å². The lowest BCUT2D eigenvalue weighted by molar-refractivity contribution is -0.129. The van der Waals surface area contributed by atoms with Gasteiger partial charge in [0.2, 0.25) is 11.8 Å². The van der Waals surface area contributed by atoms with Crippen LogP contribution >= 0.6 is 0 Å². The highest BCUT2D eigenvalue weighted by Gasteiger charge is 2.37. The summed E-state index contributed by atoms with van der Waals surface area (Å²) in [6.07, 6.45) is 3.56. The van der Waals surface area contributed by atoms with Crippen molar-refractivity contribution in [2.75, 3.05) is 11.4 Å². The molecule has 1 aromatic carbocycles. The summed E-state index contributed by atoms with van der Waals surface area (Å²) in [4.78, 5) is 25.9. The van der Waals surface area contributed by atoms with Gasteiger partial charge in [0.25, 0.3) is 0 Å². The molecule has 2 amide bonds. The van der Waals surface area contributed by atoms with Crippen LogP contribution in [0, 0.1) is 5.82 Å². The molecular formula is C17H21FN2O3. The number of hydrogen-bond acceptors (Lipinski definition) is 3. The van der Waals surface area contributed by atoms with Crippen LogP contribution in [-0.4, -0.2) is 35.1 Å². The first-order valence-electron chi connectivity index (χ1n) is 8.06. The molecule has 124 valence electrons. The lowest BCUT2D eigenvalue weighted by Crippen LogP contribution is -2.44. The molecule has 3 rings (SSSR count). The lowest BCUT2D eigenvalue weighted by atomic mass is 9.97. The van der Waals surface area contributed by atoms with E-state index in [1.54, 1.807) is 18.2 Å². The van der Waals surface area contributed by atoms with Gasteiger partial charge < -0.3 is 15.3 Å². The van der Waals surface area contributed by atoms with Gasteiger partial charge in [-0.3, -0.25) is 9.59 Å². The van der Waals surface area contributed by atoms with E-state index in [2.05, 4.69) is 5.32 Å². The first kappa shape index (κ1) is 15.9. The van der Waals surface area contributed by atoms with Gasteiger partial charge >= 0.3 is 0 Å². The third kappa shape index (κ3) is 3.37. The Morgan fingerprint density at radius 3 is 2.74 bits per heavy atom. The highest BCUT2D eigenvalue weighted by molar-refractivity contribution is 6.01. The van der Waals surface area contributed by atoms with Gasteiger partial charge in [-0.2, -0.15) is 0 Å². The second-order valence-electron chi connectivity index (χ2n) is 6.46. The molecular weight excluding hydrogens is 299 g/mol. The van der Waals surface area contributed by atoms with Gasteiger partial charge in [0, 0.05) is 6.54 Å². The number of carbonyl (C=O) groups is 2. The predicted molar refractivity (Wildman–Crippen MR) is 83.3 cm³/mol. The Balaban J connectivity index is 1.61. The topological polar surface area (TPSA) is 69.6 Å². The molecule has 1 unspecified atom stereocenters. The van der Waals surface area contributed by atoms with Crippen molar-refractivity contribution in [3.05, 3.63) is 30.1 Å². The van der Waals surface area contributed by atoms with Crippen molar-refractivity contribution in [3.8, 4) is 0 Å². The van der Waals surface area contributed by atoms with Crippen LogP contribution in [0.1, 0.15) is 38.5 Å². The zero-order valence-electron chi connectivity index (χ0n) is 12.9. The fourth-order valence-corrected chi connectivity index (χ4v) is 3.48. The molecule has 0 spiro atoms. The number of amides is 2. The Morgan fingerprint density at radius 2 is 2.04 bits per heavy atom. The second-order valence-corrected chi connectivity index (χ2v) is 6.46. The summed E-state index contributed by atoms with van der Waals surface area (Å²) >= 11 is 0. The summed E-state index contributed by atoms with van der Waals surface area (Å²) in [6.45, 7) is 0.370. The van der Waals surface area contributed by atoms with Crippen LogP contribution in [0.2, 0.25) is 0 Å². The van der Waals surface area contributed by atoms with Gasteiger partial charge in [-0.25, -0.2) is 4.39 Å². The Hall–Kier alpha value is -1.95. The van der Waals surface area contributed by atoms with Crippen molar-refractivity contribution in [2.45, 2.75) is 50.2 Å². The Morgan fingerprint density at radius 1 is 1.35 bits per heavy atom. The third-order valence-electron chi connectivity index (χ3n) is 4.71. The van der Waals surface area contributed by atoms with Gasteiger partial charge in [0.1, 0.15) is 11.9 Å². The summed E-state index contributed by atoms with van der Waals surface area (Å²) in [6, 6.07) is 5.46. The molecule has 6 heteroatoms. The van der Waals surface area contributed by atoms with E-state index in [4.69, 9.17) is 0 Å². The Labute approximate surface area is 134 Å². The van der Waals surface area contributed by atoms with Crippen LogP contribution in [0.15, 0.2) is 24.3 Å². The molecule has 2 N–H and O–H groups in total. The van der Waals surface area contributed by atoms with Crippen LogP contribution in [0.5, 0.6) is 0 Å². The summed E-state index contributed by atoms with van der Waals surface area (Å²) in [5, 5.41) is 12.9. The van der Waals surface area contributed by atoms with E-state index in [0.29, 0.717) is 25.8 Å². The molecule has 5 nitrogen and oxygen atoms in total. The fraction of sp³-hybridized carbons (Fsp3) is 0.529. The van der Waals surface area contributed by atoms with Crippen molar-refractivity contribution < 1.29 is 19.1 Å². The maximum absolute atomic E-state index is 13.8. The monoisotopic (exact) mass is 320 g/mol. The molecule has 1 saturated carbocycles. The zero-order chi connectivity index (χ0) is 16.4. The summed E-state index contributed by atoms with van der Waals surface area (Å²) < 4.78 is 13.8. The van der Waals surface area contributed by atoms with E-state index in [0.717, 1.165) is 12.8 Å². The first-order chi connectivity index (χ1) is 11.0. The Bertz CT molecular complexity index is 614. The van der Waals surface area contributed by atoms with E-state index in [1.807, 2.05) is 0 Å². The van der Waals surface area contributed by atoms with Crippen LogP contribution in [0.4, 0.5) is 10.1 Å². The van der Waals surface area contributed by atoms with Crippen molar-refractivity contribution >= 4 is 17.5 Å². The van der Waals surface area contributed by atoms with Crippen LogP contribution in [0.3, 0.4) is 0 Å².